The Balaban J connectivity index is 2.57. The van der Waals surface area contributed by atoms with Crippen molar-refractivity contribution in [2.24, 2.45) is 5.73 Å². The second-order valence-corrected chi connectivity index (χ2v) is 5.47. The van der Waals surface area contributed by atoms with Crippen molar-refractivity contribution in [2.75, 3.05) is 0 Å². The van der Waals surface area contributed by atoms with Crippen LogP contribution in [0.4, 0.5) is 0 Å². The van der Waals surface area contributed by atoms with Gasteiger partial charge in [0.2, 0.25) is 0 Å². The predicted octanol–water partition coefficient (Wildman–Crippen LogP) is 3.66. The first-order valence-corrected chi connectivity index (χ1v) is 7.41. The average molecular weight is 344 g/mol. The van der Waals surface area contributed by atoms with Crippen LogP contribution in [-0.2, 0) is 6.42 Å². The number of nitrogens with two attached hydrogens (primary N) is 1. The lowest BCUT2D eigenvalue weighted by molar-refractivity contribution is 0.665. The van der Waals surface area contributed by atoms with E-state index in [1.54, 1.807) is 4.68 Å². The normalized spacial score (nSPS) is 12.7. The van der Waals surface area contributed by atoms with Crippen molar-refractivity contribution in [1.29, 1.82) is 0 Å². The van der Waals surface area contributed by atoms with E-state index in [4.69, 9.17) is 17.3 Å². The molecule has 1 heterocycles. The van der Waals surface area contributed by atoms with Crippen molar-refractivity contribution in [3.05, 3.63) is 39.1 Å². The van der Waals surface area contributed by atoms with E-state index >= 15 is 0 Å². The second kappa shape index (κ2) is 6.03. The minimum Gasteiger partial charge on any atom is -0.323 e. The lowest BCUT2D eigenvalue weighted by Gasteiger charge is -2.11. The maximum absolute atomic E-state index is 6.12. The van der Waals surface area contributed by atoms with Crippen LogP contribution >= 0.6 is 27.5 Å². The van der Waals surface area contributed by atoms with Gasteiger partial charge in [-0.3, -0.25) is 0 Å². The molecular formula is C13H16BrClN4. The van der Waals surface area contributed by atoms with E-state index in [0.29, 0.717) is 5.02 Å². The highest BCUT2D eigenvalue weighted by Gasteiger charge is 2.19. The SMILES string of the molecule is CCc1c(C(N)CC)nnn1-c1cccc(Cl)c1Br. The van der Waals surface area contributed by atoms with Crippen molar-refractivity contribution < 1.29 is 0 Å². The lowest BCUT2D eigenvalue weighted by Crippen LogP contribution is -2.12. The monoisotopic (exact) mass is 342 g/mol. The molecule has 2 rings (SSSR count). The Morgan fingerprint density at radius 3 is 2.79 bits per heavy atom. The Kier molecular flexibility index (Phi) is 4.60. The Morgan fingerprint density at radius 1 is 1.42 bits per heavy atom. The smallest absolute Gasteiger partial charge is 0.103 e. The van der Waals surface area contributed by atoms with Crippen LogP contribution in [-0.4, -0.2) is 15.0 Å². The minimum absolute atomic E-state index is 0.0818. The summed E-state index contributed by atoms with van der Waals surface area (Å²) in [5.41, 5.74) is 8.84. The van der Waals surface area contributed by atoms with Crippen molar-refractivity contribution in [2.45, 2.75) is 32.7 Å². The fraction of sp³-hybridized carbons (Fsp3) is 0.385. The minimum atomic E-state index is -0.0818. The molecule has 4 nitrogen and oxygen atoms in total. The first kappa shape index (κ1) is 14.5. The summed E-state index contributed by atoms with van der Waals surface area (Å²) in [5, 5.41) is 9.10. The summed E-state index contributed by atoms with van der Waals surface area (Å²) < 4.78 is 2.62. The molecule has 1 aromatic carbocycles. The molecule has 0 radical (unpaired) electrons. The van der Waals surface area contributed by atoms with Gasteiger partial charge in [-0.25, -0.2) is 4.68 Å². The summed E-state index contributed by atoms with van der Waals surface area (Å²) in [6.07, 6.45) is 1.65. The zero-order chi connectivity index (χ0) is 14.0. The van der Waals surface area contributed by atoms with Gasteiger partial charge in [-0.2, -0.15) is 0 Å². The molecule has 19 heavy (non-hydrogen) atoms. The molecule has 1 atom stereocenters. The molecule has 0 saturated heterocycles. The van der Waals surface area contributed by atoms with Crippen LogP contribution in [0.5, 0.6) is 0 Å². The van der Waals surface area contributed by atoms with Crippen molar-refractivity contribution in [3.8, 4) is 5.69 Å². The average Bonchev–Trinajstić information content (AvgIpc) is 2.84. The third-order valence-corrected chi connectivity index (χ3v) is 4.46. The molecular weight excluding hydrogens is 328 g/mol. The van der Waals surface area contributed by atoms with E-state index < -0.39 is 0 Å². The van der Waals surface area contributed by atoms with Gasteiger partial charge in [0.15, 0.2) is 0 Å². The molecule has 6 heteroatoms. The van der Waals surface area contributed by atoms with Crippen LogP contribution < -0.4 is 5.73 Å². The molecule has 1 aromatic heterocycles. The Morgan fingerprint density at radius 2 is 2.16 bits per heavy atom. The van der Waals surface area contributed by atoms with Gasteiger partial charge in [-0.15, -0.1) is 5.10 Å². The first-order valence-electron chi connectivity index (χ1n) is 6.24. The Hall–Kier alpha value is -0.910. The quantitative estimate of drug-likeness (QED) is 0.921. The van der Waals surface area contributed by atoms with Gasteiger partial charge in [-0.1, -0.05) is 36.7 Å². The summed E-state index contributed by atoms with van der Waals surface area (Å²) in [6, 6.07) is 5.59. The molecule has 2 N–H and O–H groups in total. The molecule has 0 aliphatic heterocycles. The predicted molar refractivity (Wildman–Crippen MR) is 80.7 cm³/mol. The fourth-order valence-corrected chi connectivity index (χ4v) is 2.58. The number of nitrogens with zero attached hydrogens (tertiary/aromatic N) is 3. The fourth-order valence-electron chi connectivity index (χ4n) is 1.98. The van der Waals surface area contributed by atoms with E-state index in [1.165, 1.54) is 0 Å². The summed E-state index contributed by atoms with van der Waals surface area (Å²) in [5.74, 6) is 0. The molecule has 2 aromatic rings. The summed E-state index contributed by atoms with van der Waals surface area (Å²) >= 11 is 9.61. The molecule has 1 unspecified atom stereocenters. The zero-order valence-electron chi connectivity index (χ0n) is 10.9. The molecule has 0 amide bonds. The highest BCUT2D eigenvalue weighted by molar-refractivity contribution is 9.10. The van der Waals surface area contributed by atoms with Crippen molar-refractivity contribution >= 4 is 27.5 Å². The van der Waals surface area contributed by atoms with Gasteiger partial charge in [0.1, 0.15) is 5.69 Å². The van der Waals surface area contributed by atoms with E-state index in [2.05, 4.69) is 33.2 Å². The maximum atomic E-state index is 6.12. The zero-order valence-corrected chi connectivity index (χ0v) is 13.2. The highest BCUT2D eigenvalue weighted by atomic mass is 79.9. The van der Waals surface area contributed by atoms with Crippen LogP contribution in [0.15, 0.2) is 22.7 Å². The summed E-state index contributed by atoms with van der Waals surface area (Å²) in [7, 11) is 0. The van der Waals surface area contributed by atoms with Gasteiger partial charge in [0, 0.05) is 0 Å². The highest BCUT2D eigenvalue weighted by Crippen LogP contribution is 2.30. The Labute approximate surface area is 126 Å². The number of aromatic nitrogens is 3. The van der Waals surface area contributed by atoms with Crippen LogP contribution in [0.2, 0.25) is 5.02 Å². The topological polar surface area (TPSA) is 56.7 Å². The number of hydrogen-bond donors (Lipinski definition) is 1. The molecule has 0 fully saturated rings. The van der Waals surface area contributed by atoms with Gasteiger partial charge in [-0.05, 0) is 40.9 Å². The number of rotatable bonds is 4. The van der Waals surface area contributed by atoms with Crippen LogP contribution in [0.25, 0.3) is 5.69 Å². The molecule has 0 saturated carbocycles. The van der Waals surface area contributed by atoms with Crippen molar-refractivity contribution in [1.82, 2.24) is 15.0 Å². The summed E-state index contributed by atoms with van der Waals surface area (Å²) in [4.78, 5) is 0. The van der Waals surface area contributed by atoms with Gasteiger partial charge in [0.05, 0.1) is 26.9 Å². The maximum Gasteiger partial charge on any atom is 0.103 e. The molecule has 0 bridgehead atoms. The Bertz CT molecular complexity index is 582. The van der Waals surface area contributed by atoms with Crippen LogP contribution in [0.1, 0.15) is 37.7 Å². The second-order valence-electron chi connectivity index (χ2n) is 4.27. The van der Waals surface area contributed by atoms with E-state index in [9.17, 15) is 0 Å². The first-order chi connectivity index (χ1) is 9.10. The molecule has 102 valence electrons. The number of benzene rings is 1. The molecule has 0 aliphatic rings. The van der Waals surface area contributed by atoms with Crippen LogP contribution in [0, 0.1) is 0 Å². The van der Waals surface area contributed by atoms with Crippen molar-refractivity contribution in [3.63, 3.8) is 0 Å². The van der Waals surface area contributed by atoms with E-state index in [1.807, 2.05) is 25.1 Å². The molecule has 0 spiro atoms. The molecule has 0 aliphatic carbocycles. The van der Waals surface area contributed by atoms with E-state index in [0.717, 1.165) is 34.4 Å². The van der Waals surface area contributed by atoms with Gasteiger partial charge in [0.25, 0.3) is 0 Å². The van der Waals surface area contributed by atoms with Crippen LogP contribution in [0.3, 0.4) is 0 Å². The lowest BCUT2D eigenvalue weighted by atomic mass is 10.1. The van der Waals surface area contributed by atoms with Gasteiger partial charge >= 0.3 is 0 Å². The standard InChI is InChI=1S/C13H16BrClN4/c1-3-9(16)13-10(4-2)19(18-17-13)11-7-5-6-8(15)12(11)14/h5-7,9H,3-4,16H2,1-2H3. The number of hydrogen-bond acceptors (Lipinski definition) is 3. The largest absolute Gasteiger partial charge is 0.323 e. The van der Waals surface area contributed by atoms with E-state index in [-0.39, 0.29) is 6.04 Å². The van der Waals surface area contributed by atoms with Gasteiger partial charge < -0.3 is 5.73 Å². The summed E-state index contributed by atoms with van der Waals surface area (Å²) in [6.45, 7) is 4.11. The number of halogens is 2. The third-order valence-electron chi connectivity index (χ3n) is 3.08. The third kappa shape index (κ3) is 2.68.